The van der Waals surface area contributed by atoms with Gasteiger partial charge in [0, 0.05) is 12.2 Å². The van der Waals surface area contributed by atoms with Crippen LogP contribution in [0.3, 0.4) is 0 Å². The van der Waals surface area contributed by atoms with Crippen molar-refractivity contribution in [3.63, 3.8) is 0 Å². The molecule has 0 aliphatic rings. The minimum absolute atomic E-state index is 0.0392. The third-order valence-electron chi connectivity index (χ3n) is 2.31. The molecule has 4 nitrogen and oxygen atoms in total. The van der Waals surface area contributed by atoms with Crippen LogP contribution in [0.1, 0.15) is 5.56 Å². The molecular formula is C14H12F4O4. The first-order chi connectivity index (χ1) is 10.3. The summed E-state index contributed by atoms with van der Waals surface area (Å²) in [6.07, 6.45) is -2.76. The molecule has 0 N–H and O–H groups in total. The van der Waals surface area contributed by atoms with Gasteiger partial charge in [0.15, 0.2) is 6.61 Å². The number of alkyl halides is 4. The van der Waals surface area contributed by atoms with Crippen LogP contribution in [0.4, 0.5) is 17.6 Å². The lowest BCUT2D eigenvalue weighted by molar-refractivity contribution is -0.176. The number of benzene rings is 1. The molecule has 1 rings (SSSR count). The number of halogens is 4. The molecule has 0 aliphatic heterocycles. The van der Waals surface area contributed by atoms with Gasteiger partial charge in [-0.3, -0.25) is 0 Å². The molecule has 0 saturated heterocycles. The lowest BCUT2D eigenvalue weighted by Crippen LogP contribution is -2.33. The smallest absolute Gasteiger partial charge is 0.340 e. The number of hydrogen-bond acceptors (Lipinski definition) is 4. The van der Waals surface area contributed by atoms with Crippen LogP contribution in [0, 0.1) is 0 Å². The molecule has 0 atom stereocenters. The van der Waals surface area contributed by atoms with Crippen LogP contribution in [0.2, 0.25) is 0 Å². The van der Waals surface area contributed by atoms with E-state index in [0.29, 0.717) is 17.7 Å². The predicted molar refractivity (Wildman–Crippen MR) is 67.3 cm³/mol. The number of carbonyl (C=O) groups excluding carboxylic acids is 2. The lowest BCUT2D eigenvalue weighted by atomic mass is 10.2. The van der Waals surface area contributed by atoms with Crippen molar-refractivity contribution < 1.29 is 36.6 Å². The first-order valence-corrected chi connectivity index (χ1v) is 6.03. The largest absolute Gasteiger partial charge is 0.458 e. The molecule has 0 saturated carbocycles. The summed E-state index contributed by atoms with van der Waals surface area (Å²) in [6, 6.07) is 8.66. The molecule has 0 heterocycles. The molecule has 120 valence electrons. The summed E-state index contributed by atoms with van der Waals surface area (Å²) in [5.74, 6) is -6.68. The van der Waals surface area contributed by atoms with Gasteiger partial charge in [-0.2, -0.15) is 8.78 Å². The van der Waals surface area contributed by atoms with Gasteiger partial charge in [-0.25, -0.2) is 18.4 Å². The quantitative estimate of drug-likeness (QED) is 0.440. The van der Waals surface area contributed by atoms with E-state index in [0.717, 1.165) is 0 Å². The number of carbonyl (C=O) groups is 2. The fourth-order valence-corrected chi connectivity index (χ4v) is 1.19. The number of esters is 2. The van der Waals surface area contributed by atoms with Crippen molar-refractivity contribution >= 4 is 11.9 Å². The summed E-state index contributed by atoms with van der Waals surface area (Å²) in [5.41, 5.74) is 0.711. The van der Waals surface area contributed by atoms with Gasteiger partial charge < -0.3 is 9.47 Å². The van der Waals surface area contributed by atoms with Gasteiger partial charge in [-0.15, -0.1) is 0 Å². The molecule has 0 aliphatic carbocycles. The monoisotopic (exact) mass is 320 g/mol. The maximum atomic E-state index is 12.5. The summed E-state index contributed by atoms with van der Waals surface area (Å²) in [4.78, 5) is 22.2. The summed E-state index contributed by atoms with van der Waals surface area (Å²) >= 11 is 0. The SMILES string of the molecule is O=C(C=CC(=O)OCC(F)(F)C(F)F)OCc1ccccc1. The third kappa shape index (κ3) is 6.38. The Kier molecular flexibility index (Phi) is 6.55. The highest BCUT2D eigenvalue weighted by Gasteiger charge is 2.42. The van der Waals surface area contributed by atoms with Gasteiger partial charge >= 0.3 is 24.3 Å². The maximum Gasteiger partial charge on any atom is 0.340 e. The molecule has 0 aromatic heterocycles. The molecule has 8 heteroatoms. The molecule has 22 heavy (non-hydrogen) atoms. The van der Waals surface area contributed by atoms with Crippen molar-refractivity contribution in [2.45, 2.75) is 19.0 Å². The highest BCUT2D eigenvalue weighted by molar-refractivity contribution is 5.91. The maximum absolute atomic E-state index is 12.5. The Balaban J connectivity index is 2.34. The first kappa shape index (κ1) is 17.7. The molecule has 1 aromatic rings. The van der Waals surface area contributed by atoms with Crippen molar-refractivity contribution in [3.05, 3.63) is 48.0 Å². The lowest BCUT2D eigenvalue weighted by Gasteiger charge is -2.13. The minimum Gasteiger partial charge on any atom is -0.458 e. The Labute approximate surface area is 123 Å². The fraction of sp³-hybridized carbons (Fsp3) is 0.286. The molecular weight excluding hydrogens is 308 g/mol. The highest BCUT2D eigenvalue weighted by atomic mass is 19.3. The van der Waals surface area contributed by atoms with E-state index < -0.39 is 30.9 Å². The molecule has 0 fully saturated rings. The first-order valence-electron chi connectivity index (χ1n) is 6.03. The van der Waals surface area contributed by atoms with Crippen LogP contribution < -0.4 is 0 Å². The van der Waals surface area contributed by atoms with E-state index in [4.69, 9.17) is 4.74 Å². The van der Waals surface area contributed by atoms with Crippen LogP contribution in [-0.4, -0.2) is 30.9 Å². The molecule has 0 bridgehead atoms. The van der Waals surface area contributed by atoms with Crippen LogP contribution >= 0.6 is 0 Å². The van der Waals surface area contributed by atoms with Crippen LogP contribution in [0.5, 0.6) is 0 Å². The molecule has 0 spiro atoms. The topological polar surface area (TPSA) is 52.6 Å². The molecule has 0 amide bonds. The Hall–Kier alpha value is -2.38. The number of ether oxygens (including phenoxy) is 2. The Morgan fingerprint density at radius 1 is 1.05 bits per heavy atom. The van der Waals surface area contributed by atoms with Gasteiger partial charge in [0.25, 0.3) is 0 Å². The normalized spacial score (nSPS) is 11.7. The number of hydrogen-bond donors (Lipinski definition) is 0. The van der Waals surface area contributed by atoms with E-state index in [9.17, 15) is 27.2 Å². The fourth-order valence-electron chi connectivity index (χ4n) is 1.19. The van der Waals surface area contributed by atoms with E-state index in [-0.39, 0.29) is 6.61 Å². The van der Waals surface area contributed by atoms with Crippen LogP contribution in [0.25, 0.3) is 0 Å². The second-order valence-corrected chi connectivity index (χ2v) is 4.10. The second kappa shape index (κ2) is 8.16. The summed E-state index contributed by atoms with van der Waals surface area (Å²) in [6.45, 7) is -1.81. The zero-order valence-corrected chi connectivity index (χ0v) is 11.2. The van der Waals surface area contributed by atoms with Gasteiger partial charge in [0.05, 0.1) is 0 Å². The summed E-state index contributed by atoms with van der Waals surface area (Å²) in [7, 11) is 0. The Morgan fingerprint density at radius 3 is 2.14 bits per heavy atom. The minimum atomic E-state index is -4.43. The Bertz CT molecular complexity index is 529. The zero-order valence-electron chi connectivity index (χ0n) is 11.2. The van der Waals surface area contributed by atoms with E-state index in [2.05, 4.69) is 4.74 Å². The van der Waals surface area contributed by atoms with Crippen molar-refractivity contribution in [2.24, 2.45) is 0 Å². The van der Waals surface area contributed by atoms with Crippen molar-refractivity contribution in [2.75, 3.05) is 6.61 Å². The molecule has 0 unspecified atom stereocenters. The second-order valence-electron chi connectivity index (χ2n) is 4.10. The van der Waals surface area contributed by atoms with Gasteiger partial charge in [-0.1, -0.05) is 30.3 Å². The highest BCUT2D eigenvalue weighted by Crippen LogP contribution is 2.22. The average Bonchev–Trinajstić information content (AvgIpc) is 2.49. The molecule has 0 radical (unpaired) electrons. The van der Waals surface area contributed by atoms with Crippen molar-refractivity contribution in [1.82, 2.24) is 0 Å². The van der Waals surface area contributed by atoms with Gasteiger partial charge in [0.2, 0.25) is 0 Å². The van der Waals surface area contributed by atoms with Crippen molar-refractivity contribution in [1.29, 1.82) is 0 Å². The van der Waals surface area contributed by atoms with E-state index in [1.807, 2.05) is 0 Å². The average molecular weight is 320 g/mol. The third-order valence-corrected chi connectivity index (χ3v) is 2.31. The van der Waals surface area contributed by atoms with Crippen molar-refractivity contribution in [3.8, 4) is 0 Å². The van der Waals surface area contributed by atoms with E-state index >= 15 is 0 Å². The standard InChI is InChI=1S/C14H12F4O4/c15-13(16)14(17,18)9-22-12(20)7-6-11(19)21-8-10-4-2-1-3-5-10/h1-7,13H,8-9H2. The molecule has 1 aromatic carbocycles. The van der Waals surface area contributed by atoms with Gasteiger partial charge in [-0.05, 0) is 5.56 Å². The van der Waals surface area contributed by atoms with Crippen LogP contribution in [-0.2, 0) is 25.7 Å². The zero-order chi connectivity index (χ0) is 16.6. The summed E-state index contributed by atoms with van der Waals surface area (Å²) in [5, 5.41) is 0. The Morgan fingerprint density at radius 2 is 1.59 bits per heavy atom. The summed E-state index contributed by atoms with van der Waals surface area (Å²) < 4.78 is 57.2. The number of rotatable bonds is 7. The van der Waals surface area contributed by atoms with Gasteiger partial charge in [0.1, 0.15) is 6.61 Å². The van der Waals surface area contributed by atoms with Crippen LogP contribution in [0.15, 0.2) is 42.5 Å². The predicted octanol–water partition coefficient (Wildman–Crippen LogP) is 2.73. The van der Waals surface area contributed by atoms with E-state index in [1.165, 1.54) is 0 Å². The van der Waals surface area contributed by atoms with E-state index in [1.54, 1.807) is 30.3 Å².